The zero-order valence-electron chi connectivity index (χ0n) is 12.6. The molecule has 0 radical (unpaired) electrons. The highest BCUT2D eigenvalue weighted by Gasteiger charge is 2.18. The van der Waals surface area contributed by atoms with Crippen LogP contribution in [-0.4, -0.2) is 13.0 Å². The molecule has 116 valence electrons. The highest BCUT2D eigenvalue weighted by molar-refractivity contribution is 5.94. The first kappa shape index (κ1) is 15.9. The number of nitrogens with one attached hydrogen (secondary N) is 1. The second-order valence-electron chi connectivity index (χ2n) is 5.06. The van der Waals surface area contributed by atoms with E-state index in [1.165, 1.54) is 0 Å². The van der Waals surface area contributed by atoms with Gasteiger partial charge in [-0.25, -0.2) is 8.78 Å². The lowest BCUT2D eigenvalue weighted by atomic mass is 10.0. The molecule has 0 aliphatic rings. The number of aryl methyl sites for hydroxylation is 1. The fourth-order valence-corrected chi connectivity index (χ4v) is 2.22. The van der Waals surface area contributed by atoms with Crippen molar-refractivity contribution in [1.29, 1.82) is 0 Å². The maximum Gasteiger partial charge on any atom is 0.254 e. The molecule has 5 heteroatoms. The van der Waals surface area contributed by atoms with Crippen LogP contribution in [0.4, 0.5) is 8.78 Å². The van der Waals surface area contributed by atoms with Crippen molar-refractivity contribution in [3.8, 4) is 5.75 Å². The van der Waals surface area contributed by atoms with Gasteiger partial charge in [-0.05, 0) is 32.0 Å². The molecule has 0 aliphatic heterocycles. The Kier molecular flexibility index (Phi) is 4.75. The molecule has 2 aromatic carbocycles. The maximum absolute atomic E-state index is 13.6. The van der Waals surface area contributed by atoms with E-state index in [2.05, 4.69) is 5.32 Å². The minimum absolute atomic E-state index is 0.195. The van der Waals surface area contributed by atoms with Gasteiger partial charge in [0.25, 0.3) is 5.91 Å². The Hall–Kier alpha value is -2.43. The zero-order valence-corrected chi connectivity index (χ0v) is 12.6. The van der Waals surface area contributed by atoms with E-state index in [9.17, 15) is 13.6 Å². The molecule has 1 N–H and O–H groups in total. The second kappa shape index (κ2) is 6.56. The van der Waals surface area contributed by atoms with Crippen LogP contribution in [-0.2, 0) is 0 Å². The average Bonchev–Trinajstić information content (AvgIpc) is 2.46. The maximum atomic E-state index is 13.6. The van der Waals surface area contributed by atoms with Gasteiger partial charge in [0.1, 0.15) is 17.4 Å². The van der Waals surface area contributed by atoms with Crippen molar-refractivity contribution in [2.24, 2.45) is 0 Å². The molecule has 1 amide bonds. The van der Waals surface area contributed by atoms with Gasteiger partial charge in [-0.2, -0.15) is 0 Å². The predicted molar refractivity (Wildman–Crippen MR) is 80.0 cm³/mol. The lowest BCUT2D eigenvalue weighted by Gasteiger charge is -2.18. The first-order valence-corrected chi connectivity index (χ1v) is 6.83. The fourth-order valence-electron chi connectivity index (χ4n) is 2.22. The summed E-state index contributed by atoms with van der Waals surface area (Å²) < 4.78 is 31.8. The van der Waals surface area contributed by atoms with E-state index in [0.717, 1.165) is 23.3 Å². The summed E-state index contributed by atoms with van der Waals surface area (Å²) in [5, 5.41) is 2.69. The first-order valence-electron chi connectivity index (χ1n) is 6.83. The van der Waals surface area contributed by atoms with E-state index in [1.54, 1.807) is 14.0 Å². The number of rotatable bonds is 4. The molecule has 0 saturated heterocycles. The van der Waals surface area contributed by atoms with E-state index in [-0.39, 0.29) is 11.6 Å². The van der Waals surface area contributed by atoms with E-state index >= 15 is 0 Å². The standard InChI is InChI=1S/C17H17F2NO2/c1-10-4-7-16(22-3)14(8-10)11(2)20-17(21)13-6-5-12(18)9-15(13)19/h4-9,11H,1-3H3,(H,20,21)/t11-/m1/s1. The molecule has 1 atom stereocenters. The Morgan fingerprint density at radius 3 is 2.55 bits per heavy atom. The van der Waals surface area contributed by atoms with Crippen LogP contribution in [0, 0.1) is 18.6 Å². The van der Waals surface area contributed by atoms with Crippen molar-refractivity contribution in [2.75, 3.05) is 7.11 Å². The van der Waals surface area contributed by atoms with Gasteiger partial charge < -0.3 is 10.1 Å². The summed E-state index contributed by atoms with van der Waals surface area (Å²) in [6.45, 7) is 3.70. The summed E-state index contributed by atoms with van der Waals surface area (Å²) in [6, 6.07) is 8.09. The number of methoxy groups -OCH3 is 1. The van der Waals surface area contributed by atoms with E-state index in [1.807, 2.05) is 25.1 Å². The van der Waals surface area contributed by atoms with Crippen LogP contribution in [0.1, 0.15) is 34.5 Å². The molecule has 0 fully saturated rings. The smallest absolute Gasteiger partial charge is 0.254 e. The molecule has 0 aliphatic carbocycles. The summed E-state index contributed by atoms with van der Waals surface area (Å²) in [5.41, 5.74) is 1.61. The minimum Gasteiger partial charge on any atom is -0.496 e. The number of hydrogen-bond acceptors (Lipinski definition) is 2. The fraction of sp³-hybridized carbons (Fsp3) is 0.235. The lowest BCUT2D eigenvalue weighted by Crippen LogP contribution is -2.27. The van der Waals surface area contributed by atoms with Crippen LogP contribution in [0.25, 0.3) is 0 Å². The number of benzene rings is 2. The third-order valence-electron chi connectivity index (χ3n) is 3.38. The van der Waals surface area contributed by atoms with Gasteiger partial charge in [0, 0.05) is 11.6 Å². The van der Waals surface area contributed by atoms with Crippen LogP contribution in [0.3, 0.4) is 0 Å². The SMILES string of the molecule is COc1ccc(C)cc1[C@@H](C)NC(=O)c1ccc(F)cc1F. The summed E-state index contributed by atoms with van der Waals surface area (Å²) in [6.07, 6.45) is 0. The van der Waals surface area contributed by atoms with E-state index in [0.29, 0.717) is 11.8 Å². The van der Waals surface area contributed by atoms with Gasteiger partial charge in [0.2, 0.25) is 0 Å². The molecular formula is C17H17F2NO2. The molecule has 0 aromatic heterocycles. The molecule has 22 heavy (non-hydrogen) atoms. The minimum atomic E-state index is -0.888. The number of amides is 1. The molecule has 2 aromatic rings. The quantitative estimate of drug-likeness (QED) is 0.933. The number of carbonyl (C=O) groups excluding carboxylic acids is 1. The number of halogens is 2. The Bertz CT molecular complexity index is 701. The molecule has 0 bridgehead atoms. The van der Waals surface area contributed by atoms with Crippen LogP contribution >= 0.6 is 0 Å². The third kappa shape index (κ3) is 3.42. The zero-order chi connectivity index (χ0) is 16.3. The van der Waals surface area contributed by atoms with Crippen molar-refractivity contribution in [3.63, 3.8) is 0 Å². The van der Waals surface area contributed by atoms with Crippen molar-refractivity contribution >= 4 is 5.91 Å². The van der Waals surface area contributed by atoms with Crippen molar-refractivity contribution in [1.82, 2.24) is 5.32 Å². The van der Waals surface area contributed by atoms with Gasteiger partial charge in [-0.1, -0.05) is 17.7 Å². The summed E-state index contributed by atoms with van der Waals surface area (Å²) in [7, 11) is 1.54. The first-order chi connectivity index (χ1) is 10.4. The molecule has 2 rings (SSSR count). The predicted octanol–water partition coefficient (Wildman–Crippen LogP) is 3.77. The highest BCUT2D eigenvalue weighted by Crippen LogP contribution is 2.26. The highest BCUT2D eigenvalue weighted by atomic mass is 19.1. The Morgan fingerprint density at radius 2 is 1.91 bits per heavy atom. The van der Waals surface area contributed by atoms with Gasteiger partial charge in [-0.15, -0.1) is 0 Å². The van der Waals surface area contributed by atoms with Gasteiger partial charge in [0.15, 0.2) is 0 Å². The molecule has 0 unspecified atom stereocenters. The molecular weight excluding hydrogens is 288 g/mol. The largest absolute Gasteiger partial charge is 0.496 e. The summed E-state index contributed by atoms with van der Waals surface area (Å²) in [4.78, 5) is 12.1. The van der Waals surface area contributed by atoms with E-state index < -0.39 is 17.5 Å². The van der Waals surface area contributed by atoms with Crippen molar-refractivity contribution < 1.29 is 18.3 Å². The molecule has 0 heterocycles. The number of carbonyl (C=O) groups is 1. The van der Waals surface area contributed by atoms with Crippen LogP contribution in [0.2, 0.25) is 0 Å². The average molecular weight is 305 g/mol. The molecule has 0 spiro atoms. The van der Waals surface area contributed by atoms with Crippen LogP contribution < -0.4 is 10.1 Å². The van der Waals surface area contributed by atoms with Gasteiger partial charge in [0.05, 0.1) is 18.7 Å². The third-order valence-corrected chi connectivity index (χ3v) is 3.38. The summed E-state index contributed by atoms with van der Waals surface area (Å²) >= 11 is 0. The van der Waals surface area contributed by atoms with Crippen LogP contribution in [0.15, 0.2) is 36.4 Å². The monoisotopic (exact) mass is 305 g/mol. The molecule has 0 saturated carbocycles. The number of hydrogen-bond donors (Lipinski definition) is 1. The van der Waals surface area contributed by atoms with Crippen molar-refractivity contribution in [3.05, 3.63) is 64.7 Å². The summed E-state index contributed by atoms with van der Waals surface area (Å²) in [5.74, 6) is -1.57. The normalized spacial score (nSPS) is 11.9. The Morgan fingerprint density at radius 1 is 1.18 bits per heavy atom. The van der Waals surface area contributed by atoms with E-state index in [4.69, 9.17) is 4.74 Å². The number of ether oxygens (including phenoxy) is 1. The molecule has 3 nitrogen and oxygen atoms in total. The second-order valence-corrected chi connectivity index (χ2v) is 5.06. The lowest BCUT2D eigenvalue weighted by molar-refractivity contribution is 0.0935. The van der Waals surface area contributed by atoms with Crippen LogP contribution in [0.5, 0.6) is 5.75 Å². The Balaban J connectivity index is 2.23. The van der Waals surface area contributed by atoms with Gasteiger partial charge in [-0.3, -0.25) is 4.79 Å². The van der Waals surface area contributed by atoms with Crippen molar-refractivity contribution in [2.45, 2.75) is 19.9 Å². The Labute approximate surface area is 127 Å². The topological polar surface area (TPSA) is 38.3 Å². The van der Waals surface area contributed by atoms with Gasteiger partial charge >= 0.3 is 0 Å².